The van der Waals surface area contributed by atoms with Crippen molar-refractivity contribution >= 4 is 40.4 Å². The second-order valence-corrected chi connectivity index (χ2v) is 11.8. The summed E-state index contributed by atoms with van der Waals surface area (Å²) >= 11 is 4.37. The van der Waals surface area contributed by atoms with Crippen LogP contribution in [-0.4, -0.2) is 49.9 Å². The molecule has 3 rings (SSSR count). The second kappa shape index (κ2) is 15.4. The van der Waals surface area contributed by atoms with E-state index in [2.05, 4.69) is 17.9 Å². The van der Waals surface area contributed by atoms with Gasteiger partial charge in [-0.15, -0.1) is 0 Å². The molecule has 3 aromatic carbocycles. The normalized spacial score (nSPS) is 11.9. The fourth-order valence-corrected chi connectivity index (χ4v) is 5.97. The van der Waals surface area contributed by atoms with Crippen LogP contribution in [0.1, 0.15) is 37.8 Å². The average Bonchev–Trinajstić information content (AvgIpc) is 2.95. The van der Waals surface area contributed by atoms with E-state index in [9.17, 15) is 22.8 Å². The summed E-state index contributed by atoms with van der Waals surface area (Å²) in [4.78, 5) is 38.8. The van der Waals surface area contributed by atoms with Crippen molar-refractivity contribution in [3.63, 3.8) is 0 Å². The van der Waals surface area contributed by atoms with E-state index in [0.29, 0.717) is 55.8 Å². The summed E-state index contributed by atoms with van der Waals surface area (Å²) in [7, 11) is -4.02. The molecule has 41 heavy (non-hydrogen) atoms. The maximum absolute atomic E-state index is 12.9. The molecule has 0 aliphatic heterocycles. The molecule has 8 nitrogen and oxygen atoms in total. The van der Waals surface area contributed by atoms with E-state index in [4.69, 9.17) is 0 Å². The van der Waals surface area contributed by atoms with Crippen molar-refractivity contribution in [3.05, 3.63) is 90.0 Å². The van der Waals surface area contributed by atoms with Crippen LogP contribution in [0, 0.1) is 5.92 Å². The van der Waals surface area contributed by atoms with Gasteiger partial charge in [0.2, 0.25) is 17.7 Å². The molecule has 0 spiro atoms. The third kappa shape index (κ3) is 9.47. The summed E-state index contributed by atoms with van der Waals surface area (Å²) in [6.07, 6.45) is 1.70. The molecule has 2 N–H and O–H groups in total. The number of amides is 3. The predicted octanol–water partition coefficient (Wildman–Crippen LogP) is 4.21. The number of hydrogen-bond donors (Lipinski definition) is 3. The maximum Gasteiger partial charge on any atom is 0.264 e. The molecule has 3 aromatic rings. The van der Waals surface area contributed by atoms with Crippen molar-refractivity contribution in [2.24, 2.45) is 5.92 Å². The monoisotopic (exact) mass is 595 g/mol. The van der Waals surface area contributed by atoms with Crippen molar-refractivity contribution in [1.29, 1.82) is 0 Å². The lowest BCUT2D eigenvalue weighted by molar-refractivity contribution is -0.132. The first-order valence-corrected chi connectivity index (χ1v) is 15.7. The number of thiol groups is 1. The predicted molar refractivity (Wildman–Crippen MR) is 164 cm³/mol. The highest BCUT2D eigenvalue weighted by molar-refractivity contribution is 7.90. The molecule has 10 heteroatoms. The van der Waals surface area contributed by atoms with Gasteiger partial charge in [-0.3, -0.25) is 14.4 Å². The third-order valence-electron chi connectivity index (χ3n) is 6.51. The van der Waals surface area contributed by atoms with Gasteiger partial charge in [0.05, 0.1) is 10.8 Å². The van der Waals surface area contributed by atoms with Crippen LogP contribution in [0.25, 0.3) is 11.1 Å². The Morgan fingerprint density at radius 3 is 2.20 bits per heavy atom. The molecular formula is C31H37N3O5S2. The molecule has 0 aliphatic carbocycles. The topological polar surface area (TPSA) is 113 Å². The number of carbonyl (C=O) groups excluding carboxylic acids is 3. The Kier molecular flexibility index (Phi) is 12.0. The Labute approximate surface area is 248 Å². The molecule has 0 aliphatic rings. The highest BCUT2D eigenvalue weighted by atomic mass is 32.2. The fourth-order valence-electron chi connectivity index (χ4n) is 4.45. The SMILES string of the molecule is CCCC(=O)N(CCNC(=O)C(CS)Cc1ccccc1)Cc1ccc(-c2ccccc2S(=O)(=O)NC(C)=O)cc1. The molecule has 0 heterocycles. The number of sulfonamides is 1. The van der Waals surface area contributed by atoms with E-state index in [-0.39, 0.29) is 22.6 Å². The van der Waals surface area contributed by atoms with E-state index in [0.717, 1.165) is 18.1 Å². The molecule has 218 valence electrons. The molecule has 0 saturated heterocycles. The summed E-state index contributed by atoms with van der Waals surface area (Å²) < 4.78 is 27.4. The first-order chi connectivity index (χ1) is 19.6. The van der Waals surface area contributed by atoms with Gasteiger partial charge in [-0.05, 0) is 35.6 Å². The van der Waals surface area contributed by atoms with Gasteiger partial charge in [-0.25, -0.2) is 13.1 Å². The lowest BCUT2D eigenvalue weighted by Gasteiger charge is -2.24. The van der Waals surface area contributed by atoms with E-state index in [1.807, 2.05) is 54.1 Å². The van der Waals surface area contributed by atoms with Gasteiger partial charge in [0.25, 0.3) is 10.0 Å². The molecule has 0 fully saturated rings. The molecule has 0 bridgehead atoms. The quantitative estimate of drug-likeness (QED) is 0.242. The Morgan fingerprint density at radius 1 is 0.902 bits per heavy atom. The number of benzene rings is 3. The zero-order chi connectivity index (χ0) is 29.8. The van der Waals surface area contributed by atoms with Crippen LogP contribution in [0.15, 0.2) is 83.8 Å². The minimum absolute atomic E-state index is 0.00484. The van der Waals surface area contributed by atoms with E-state index >= 15 is 0 Å². The summed E-state index contributed by atoms with van der Waals surface area (Å²) in [5.74, 6) is -0.622. The minimum Gasteiger partial charge on any atom is -0.354 e. The third-order valence-corrected chi connectivity index (χ3v) is 8.44. The number of hydrogen-bond acceptors (Lipinski definition) is 6. The summed E-state index contributed by atoms with van der Waals surface area (Å²) in [6, 6.07) is 23.5. The van der Waals surface area contributed by atoms with Crippen LogP contribution in [0.2, 0.25) is 0 Å². The Hall–Kier alpha value is -3.63. The van der Waals surface area contributed by atoms with Crippen molar-refractivity contribution in [3.8, 4) is 11.1 Å². The molecule has 3 amide bonds. The van der Waals surface area contributed by atoms with Crippen molar-refractivity contribution in [2.75, 3.05) is 18.8 Å². The largest absolute Gasteiger partial charge is 0.354 e. The maximum atomic E-state index is 12.9. The summed E-state index contributed by atoms with van der Waals surface area (Å²) in [5, 5.41) is 2.96. The van der Waals surface area contributed by atoms with Crippen LogP contribution in [0.4, 0.5) is 0 Å². The molecular weight excluding hydrogens is 558 g/mol. The molecule has 1 atom stereocenters. The highest BCUT2D eigenvalue weighted by Crippen LogP contribution is 2.27. The number of nitrogens with one attached hydrogen (secondary N) is 2. The van der Waals surface area contributed by atoms with Crippen molar-refractivity contribution in [2.45, 2.75) is 44.6 Å². The minimum atomic E-state index is -4.02. The number of carbonyl (C=O) groups is 3. The van der Waals surface area contributed by atoms with Gasteiger partial charge in [0.1, 0.15) is 0 Å². The molecule has 0 radical (unpaired) electrons. The van der Waals surface area contributed by atoms with Gasteiger partial charge >= 0.3 is 0 Å². The molecule has 0 saturated carbocycles. The van der Waals surface area contributed by atoms with Crippen LogP contribution in [-0.2, 0) is 37.4 Å². The summed E-state index contributed by atoms with van der Waals surface area (Å²) in [6.45, 7) is 4.12. The summed E-state index contributed by atoms with van der Waals surface area (Å²) in [5.41, 5.74) is 3.06. The Bertz CT molecular complexity index is 1430. The van der Waals surface area contributed by atoms with Gasteiger partial charge < -0.3 is 10.2 Å². The molecule has 1 unspecified atom stereocenters. The smallest absolute Gasteiger partial charge is 0.264 e. The Morgan fingerprint density at radius 2 is 1.56 bits per heavy atom. The van der Waals surface area contributed by atoms with Gasteiger partial charge in [-0.2, -0.15) is 12.6 Å². The first-order valence-electron chi connectivity index (χ1n) is 13.6. The highest BCUT2D eigenvalue weighted by Gasteiger charge is 2.21. The fraction of sp³-hybridized carbons (Fsp3) is 0.323. The van der Waals surface area contributed by atoms with Crippen LogP contribution < -0.4 is 10.0 Å². The first kappa shape index (κ1) is 31.9. The van der Waals surface area contributed by atoms with Crippen molar-refractivity contribution < 1.29 is 22.8 Å². The number of rotatable bonds is 14. The standard InChI is InChI=1S/C31H37N3O5S2/c1-3-9-30(36)34(19-18-32-31(37)27(22-40)20-24-10-5-4-6-11-24)21-25-14-16-26(17-15-25)28-12-7-8-13-29(28)41(38,39)33-23(2)35/h4-8,10-17,27,40H,3,9,18-22H2,1-2H3,(H,32,37)(H,33,35). The van der Waals surface area contributed by atoms with Crippen LogP contribution >= 0.6 is 12.6 Å². The van der Waals surface area contributed by atoms with Gasteiger partial charge in [0, 0.05) is 44.3 Å². The zero-order valence-electron chi connectivity index (χ0n) is 23.4. The van der Waals surface area contributed by atoms with Crippen LogP contribution in [0.3, 0.4) is 0 Å². The van der Waals surface area contributed by atoms with Crippen molar-refractivity contribution in [1.82, 2.24) is 14.9 Å². The van der Waals surface area contributed by atoms with Crippen LogP contribution in [0.5, 0.6) is 0 Å². The number of nitrogens with zero attached hydrogens (tertiary/aromatic N) is 1. The van der Waals surface area contributed by atoms with Gasteiger partial charge in [-0.1, -0.05) is 79.7 Å². The second-order valence-electron chi connectivity index (χ2n) is 9.78. The van der Waals surface area contributed by atoms with E-state index in [1.54, 1.807) is 35.2 Å². The van der Waals surface area contributed by atoms with E-state index in [1.165, 1.54) is 6.07 Å². The Balaban J connectivity index is 1.68. The lowest BCUT2D eigenvalue weighted by Crippen LogP contribution is -2.40. The average molecular weight is 596 g/mol. The van der Waals surface area contributed by atoms with E-state index < -0.39 is 15.9 Å². The molecule has 0 aromatic heterocycles. The van der Waals surface area contributed by atoms with Gasteiger partial charge in [0.15, 0.2) is 0 Å². The zero-order valence-corrected chi connectivity index (χ0v) is 25.1. The lowest BCUT2D eigenvalue weighted by atomic mass is 10.0.